The second-order valence-corrected chi connectivity index (χ2v) is 15.1. The molecule has 0 radical (unpaired) electrons. The highest BCUT2D eigenvalue weighted by Gasteiger charge is 2.37. The second kappa shape index (κ2) is 15.9. The molecule has 50 heavy (non-hydrogen) atoms. The molecule has 0 saturated heterocycles. The van der Waals surface area contributed by atoms with Gasteiger partial charge in [0.05, 0.1) is 11.1 Å². The highest BCUT2D eigenvalue weighted by Crippen LogP contribution is 2.38. The summed E-state index contributed by atoms with van der Waals surface area (Å²) in [5, 5.41) is 7.38. The van der Waals surface area contributed by atoms with Crippen molar-refractivity contribution in [2.24, 2.45) is 10.9 Å². The van der Waals surface area contributed by atoms with E-state index in [-0.39, 0.29) is 29.6 Å². The lowest BCUT2D eigenvalue weighted by atomic mass is 9.96. The molecule has 2 aromatic rings. The van der Waals surface area contributed by atoms with Crippen LogP contribution in [0.2, 0.25) is 5.02 Å². The molecule has 0 spiro atoms. The van der Waals surface area contributed by atoms with Crippen LogP contribution in [0.5, 0.6) is 0 Å². The van der Waals surface area contributed by atoms with Crippen LogP contribution in [0.25, 0.3) is 0 Å². The first-order valence-electron chi connectivity index (χ1n) is 16.0. The molecule has 272 valence electrons. The van der Waals surface area contributed by atoms with Crippen molar-refractivity contribution >= 4 is 53.3 Å². The number of hydrogen-bond acceptors (Lipinski definition) is 8. The van der Waals surface area contributed by atoms with E-state index in [1.807, 2.05) is 18.2 Å². The average Bonchev–Trinajstić information content (AvgIpc) is 3.29. The molecule has 0 bridgehead atoms. The number of rotatable bonds is 5. The molecule has 5 amide bonds. The lowest BCUT2D eigenvalue weighted by molar-refractivity contribution is -0.136. The van der Waals surface area contributed by atoms with Crippen LogP contribution in [0.15, 0.2) is 47.5 Å². The Labute approximate surface area is 296 Å². The van der Waals surface area contributed by atoms with E-state index >= 15 is 0 Å². The Morgan fingerprint density at radius 1 is 0.880 bits per heavy atom. The van der Waals surface area contributed by atoms with E-state index in [2.05, 4.69) is 20.9 Å². The number of alkyl carbamates (subject to hydrolysis) is 1. The molecule has 3 N–H and O–H groups in total. The van der Waals surface area contributed by atoms with Crippen LogP contribution in [-0.4, -0.2) is 64.3 Å². The van der Waals surface area contributed by atoms with Crippen molar-refractivity contribution in [3.63, 3.8) is 0 Å². The van der Waals surface area contributed by atoms with Gasteiger partial charge in [0.1, 0.15) is 22.6 Å². The molecular weight excluding hydrogens is 673 g/mol. The molecule has 3 rings (SSSR count). The third kappa shape index (κ3) is 12.3. The number of carbonyl (C=O) groups is 5. The number of carbonyl (C=O) groups excluding carboxylic acids is 5. The fourth-order valence-corrected chi connectivity index (χ4v) is 5.05. The van der Waals surface area contributed by atoms with Gasteiger partial charge in [-0.1, -0.05) is 35.9 Å². The summed E-state index contributed by atoms with van der Waals surface area (Å²) in [7, 11) is 0. The molecule has 2 atom stereocenters. The molecule has 1 aliphatic rings. The number of ether oxygens (including phenoxy) is 3. The molecule has 0 heterocycles. The van der Waals surface area contributed by atoms with Crippen molar-refractivity contribution in [3.05, 3.63) is 64.4 Å². The third-order valence-electron chi connectivity index (χ3n) is 6.81. The van der Waals surface area contributed by atoms with Crippen LogP contribution in [0.4, 0.5) is 24.5 Å². The number of hydrogen-bond donors (Lipinski definition) is 3. The Morgan fingerprint density at radius 3 is 2.10 bits per heavy atom. The number of nitrogens with zero attached hydrogens (tertiary/aromatic N) is 2. The number of fused-ring (bicyclic) bond motifs is 1. The Bertz CT molecular complexity index is 1640. The van der Waals surface area contributed by atoms with Crippen molar-refractivity contribution in [3.8, 4) is 0 Å². The van der Waals surface area contributed by atoms with E-state index in [1.165, 1.54) is 12.1 Å². The predicted molar refractivity (Wildman–Crippen MR) is 185 cm³/mol. The number of guanidine groups is 1. The zero-order chi connectivity index (χ0) is 37.6. The molecular formula is C35H45ClFN5O8. The number of benzene rings is 2. The van der Waals surface area contributed by atoms with Crippen LogP contribution in [-0.2, 0) is 30.2 Å². The maximum atomic E-state index is 13.9. The van der Waals surface area contributed by atoms with Gasteiger partial charge in [-0.05, 0) is 110 Å². The van der Waals surface area contributed by atoms with E-state index < -0.39 is 64.7 Å². The predicted octanol–water partition coefficient (Wildman–Crippen LogP) is 6.89. The summed E-state index contributed by atoms with van der Waals surface area (Å²) in [5.41, 5.74) is -1.14. The summed E-state index contributed by atoms with van der Waals surface area (Å²) in [6, 6.07) is 10.3. The summed E-state index contributed by atoms with van der Waals surface area (Å²) in [6.07, 6.45) is -2.38. The number of halogens is 2. The Kier molecular flexibility index (Phi) is 12.6. The van der Waals surface area contributed by atoms with Gasteiger partial charge in [-0.3, -0.25) is 14.9 Å². The average molecular weight is 718 g/mol. The maximum Gasteiger partial charge on any atom is 0.437 e. The summed E-state index contributed by atoms with van der Waals surface area (Å²) in [5.74, 6) is -3.65. The first-order chi connectivity index (χ1) is 23.0. The van der Waals surface area contributed by atoms with Crippen LogP contribution >= 0.6 is 11.6 Å². The van der Waals surface area contributed by atoms with Gasteiger partial charge in [0, 0.05) is 12.2 Å². The Morgan fingerprint density at radius 2 is 1.50 bits per heavy atom. The van der Waals surface area contributed by atoms with Crippen LogP contribution in [0, 0.1) is 11.7 Å². The van der Waals surface area contributed by atoms with Crippen molar-refractivity contribution in [1.82, 2.24) is 15.5 Å². The summed E-state index contributed by atoms with van der Waals surface area (Å²) < 4.78 is 30.2. The van der Waals surface area contributed by atoms with Gasteiger partial charge in [0.2, 0.25) is 5.96 Å². The van der Waals surface area contributed by atoms with Gasteiger partial charge in [-0.15, -0.1) is 4.99 Å². The van der Waals surface area contributed by atoms with Crippen LogP contribution in [0.1, 0.15) is 85.9 Å². The molecule has 2 aromatic carbocycles. The highest BCUT2D eigenvalue weighted by molar-refractivity contribution is 6.39. The van der Waals surface area contributed by atoms with Crippen LogP contribution in [0.3, 0.4) is 0 Å². The lowest BCUT2D eigenvalue weighted by Crippen LogP contribution is -2.51. The topological polar surface area (TPSA) is 165 Å². The van der Waals surface area contributed by atoms with Gasteiger partial charge in [0.15, 0.2) is 0 Å². The first-order valence-corrected chi connectivity index (χ1v) is 16.4. The molecule has 13 nitrogen and oxygen atoms in total. The maximum absolute atomic E-state index is 13.9. The summed E-state index contributed by atoms with van der Waals surface area (Å²) in [4.78, 5) is 70.3. The van der Waals surface area contributed by atoms with Gasteiger partial charge in [-0.2, -0.15) is 0 Å². The minimum absolute atomic E-state index is 0.0396. The first kappa shape index (κ1) is 39.7. The number of nitrogens with one attached hydrogen (secondary N) is 3. The van der Waals surface area contributed by atoms with E-state index in [0.29, 0.717) is 6.42 Å². The van der Waals surface area contributed by atoms with Crippen molar-refractivity contribution in [1.29, 1.82) is 0 Å². The zero-order valence-corrected chi connectivity index (χ0v) is 30.5. The van der Waals surface area contributed by atoms with Gasteiger partial charge < -0.3 is 24.8 Å². The molecule has 0 fully saturated rings. The van der Waals surface area contributed by atoms with Crippen molar-refractivity contribution < 1.29 is 42.6 Å². The minimum Gasteiger partial charge on any atom is -0.444 e. The molecule has 0 unspecified atom stereocenters. The molecule has 1 aliphatic carbocycles. The molecule has 0 saturated carbocycles. The quantitative estimate of drug-likeness (QED) is 0.130. The van der Waals surface area contributed by atoms with Crippen LogP contribution < -0.4 is 16.0 Å². The fourth-order valence-electron chi connectivity index (χ4n) is 4.93. The van der Waals surface area contributed by atoms with E-state index in [0.717, 1.165) is 22.1 Å². The fraction of sp³-hybridized carbons (Fsp3) is 0.486. The van der Waals surface area contributed by atoms with E-state index in [4.69, 9.17) is 25.8 Å². The largest absolute Gasteiger partial charge is 0.444 e. The summed E-state index contributed by atoms with van der Waals surface area (Å²) in [6.45, 7) is 14.6. The molecule has 0 aliphatic heterocycles. The Balaban J connectivity index is 1.93. The monoisotopic (exact) mass is 717 g/mol. The number of aliphatic imine (C=N–C) groups is 1. The molecule has 15 heteroatoms. The third-order valence-corrected chi connectivity index (χ3v) is 7.12. The standard InChI is InChI=1S/C35H45ClFN5O8/c1-33(2,3)48-30(45)40-29(41-31(46)49-34(4,5)6)42(32(47)50-35(7,8)9)17-16-21-18-20-12-10-11-13-23(20)26(21)39-28(44)27(43)38-22-14-15-24(36)25(37)19-22/h10-15,19,21,26H,16-18H2,1-9H3,(H,38,43)(H,39,44)(H,40,41,45,46)/t21-,26+/m0/s1. The summed E-state index contributed by atoms with van der Waals surface area (Å²) >= 11 is 5.72. The smallest absolute Gasteiger partial charge is 0.437 e. The SMILES string of the molecule is CC(C)(C)OC(=O)/N=C(\NC(=O)OC(C)(C)C)N(CC[C@H]1Cc2ccccc2[C@@H]1NC(=O)C(=O)Nc1ccc(Cl)c(F)c1)C(=O)OC(C)(C)C. The minimum atomic E-state index is -1.08. The van der Waals surface area contributed by atoms with Crippen molar-refractivity contribution in [2.75, 3.05) is 11.9 Å². The number of amides is 5. The second-order valence-electron chi connectivity index (χ2n) is 14.7. The van der Waals surface area contributed by atoms with Gasteiger partial charge in [0.25, 0.3) is 0 Å². The normalized spacial score (nSPS) is 16.1. The van der Waals surface area contributed by atoms with Gasteiger partial charge in [-0.25, -0.2) is 23.7 Å². The van der Waals surface area contributed by atoms with E-state index in [9.17, 15) is 28.4 Å². The van der Waals surface area contributed by atoms with E-state index in [1.54, 1.807) is 68.4 Å². The highest BCUT2D eigenvalue weighted by atomic mass is 35.5. The molecule has 0 aromatic heterocycles. The lowest BCUT2D eigenvalue weighted by Gasteiger charge is -2.30. The van der Waals surface area contributed by atoms with Crippen molar-refractivity contribution in [2.45, 2.75) is 98.0 Å². The van der Waals surface area contributed by atoms with Gasteiger partial charge >= 0.3 is 30.1 Å². The Hall–Kier alpha value is -4.72. The zero-order valence-electron chi connectivity index (χ0n) is 29.7. The number of anilines is 1.